The van der Waals surface area contributed by atoms with Crippen LogP contribution in [0.25, 0.3) is 0 Å². The summed E-state index contributed by atoms with van der Waals surface area (Å²) in [7, 11) is 1.25. The molecule has 0 radical (unpaired) electrons. The molecule has 20 heteroatoms. The van der Waals surface area contributed by atoms with Gasteiger partial charge in [0.2, 0.25) is 5.78 Å². The summed E-state index contributed by atoms with van der Waals surface area (Å²) in [4.78, 5) is 94.4. The number of methoxy groups -OCH3 is 1. The van der Waals surface area contributed by atoms with Crippen LogP contribution in [-0.4, -0.2) is 95.1 Å². The van der Waals surface area contributed by atoms with E-state index in [4.69, 9.17) is 35.3 Å². The second-order valence-electron chi connectivity index (χ2n) is 15.6. The summed E-state index contributed by atoms with van der Waals surface area (Å²) in [6, 6.07) is 3.77. The first-order chi connectivity index (χ1) is 27.8. The molecule has 322 valence electrons. The van der Waals surface area contributed by atoms with Crippen LogP contribution < -0.4 is 9.47 Å². The van der Waals surface area contributed by atoms with E-state index >= 15 is 0 Å². The molecule has 5 rings (SSSR count). The van der Waals surface area contributed by atoms with Gasteiger partial charge in [-0.05, 0) is 74.6 Å². The van der Waals surface area contributed by atoms with Crippen LogP contribution in [0.3, 0.4) is 0 Å². The third-order valence-electron chi connectivity index (χ3n) is 12.4. The molecule has 4 aliphatic carbocycles. The summed E-state index contributed by atoms with van der Waals surface area (Å²) in [5.41, 5.74) is -3.31. The number of nitrogens with zero attached hydrogens (tertiary/aromatic N) is 2. The Kier molecular flexibility index (Phi) is 13.6. The first-order valence-corrected chi connectivity index (χ1v) is 19.5. The topological polar surface area (TPSA) is 256 Å². The fraction of sp³-hybridized carbons (Fsp3) is 0.615. The number of Topliss-reactive ketones (excluding diaryl/α,β-unsaturated/α-hetero) is 1. The molecule has 0 aliphatic heterocycles. The molecule has 2 unspecified atom stereocenters. The minimum absolute atomic E-state index is 0.0355. The maximum atomic E-state index is 14.6. The minimum atomic E-state index is -1.97. The first-order valence-electron chi connectivity index (χ1n) is 19.1. The van der Waals surface area contributed by atoms with Gasteiger partial charge in [-0.1, -0.05) is 38.5 Å². The van der Waals surface area contributed by atoms with Crippen molar-refractivity contribution in [2.45, 2.75) is 88.7 Å². The number of hydrogen-bond donors (Lipinski definition) is 1. The molecule has 1 aromatic rings. The number of esters is 2. The van der Waals surface area contributed by atoms with Gasteiger partial charge in [-0.25, -0.2) is 9.59 Å². The van der Waals surface area contributed by atoms with Crippen molar-refractivity contribution in [2.75, 3.05) is 33.5 Å². The number of carbonyl (C=O) groups is 5. The van der Waals surface area contributed by atoms with E-state index in [1.165, 1.54) is 31.4 Å². The van der Waals surface area contributed by atoms with Crippen molar-refractivity contribution in [3.63, 3.8) is 0 Å². The predicted octanol–water partition coefficient (Wildman–Crippen LogP) is 5.08. The highest BCUT2D eigenvalue weighted by Crippen LogP contribution is 2.71. The lowest BCUT2D eigenvalue weighted by Crippen LogP contribution is -2.69. The largest absolute Gasteiger partial charge is 0.514 e. The standard InChI is InChI=1S/C39H47ClN2O17/c1-23-18-28-27-11-10-25-20-26(43)13-14-36(25,2)38(27,40)31(44)21-37(28,3)39(23,59-33(46)8-7-17-57-42(51)52)32(45)22-55-35(48)58-29-12-9-24(19-30(29)53-4)34(47)54-15-5-6-16-56-41(49)50/h9-10,12-14,19,23,27-28,31,44H,5-8,11,15-18,20-22H2,1-4H3/t23-,27?,28?,31-,36-,37-,38-,39-/m0/s1. The number of aliphatic hydroxyl groups is 1. The van der Waals surface area contributed by atoms with Crippen molar-refractivity contribution in [3.05, 3.63) is 67.8 Å². The van der Waals surface area contributed by atoms with Crippen LogP contribution in [0.5, 0.6) is 11.5 Å². The first kappa shape index (κ1) is 44.8. The lowest BCUT2D eigenvalue weighted by atomic mass is 9.46. The molecule has 8 atom stereocenters. The van der Waals surface area contributed by atoms with Crippen molar-refractivity contribution >= 4 is 41.3 Å². The minimum Gasteiger partial charge on any atom is -0.493 e. The maximum Gasteiger partial charge on any atom is 0.514 e. The van der Waals surface area contributed by atoms with Crippen LogP contribution in [0, 0.1) is 48.8 Å². The molecular weight excluding hydrogens is 804 g/mol. The van der Waals surface area contributed by atoms with E-state index in [-0.39, 0.29) is 68.2 Å². The molecule has 0 amide bonds. The van der Waals surface area contributed by atoms with E-state index in [2.05, 4.69) is 9.68 Å². The van der Waals surface area contributed by atoms with Gasteiger partial charge < -0.3 is 38.5 Å². The third kappa shape index (κ3) is 8.57. The number of hydrogen-bond acceptors (Lipinski definition) is 17. The van der Waals surface area contributed by atoms with Gasteiger partial charge in [0.1, 0.15) is 0 Å². The van der Waals surface area contributed by atoms with Crippen LogP contribution in [0.2, 0.25) is 0 Å². The molecule has 1 aromatic carbocycles. The highest BCUT2D eigenvalue weighted by Gasteiger charge is 2.76. The molecule has 0 saturated heterocycles. The molecule has 59 heavy (non-hydrogen) atoms. The molecule has 0 spiro atoms. The Bertz CT molecular complexity index is 1920. The average molecular weight is 851 g/mol. The fourth-order valence-electron chi connectivity index (χ4n) is 9.71. The second kappa shape index (κ2) is 17.9. The van der Waals surface area contributed by atoms with E-state index in [1.54, 1.807) is 19.9 Å². The van der Waals surface area contributed by atoms with Crippen molar-refractivity contribution in [2.24, 2.45) is 28.6 Å². The van der Waals surface area contributed by atoms with Crippen molar-refractivity contribution in [1.29, 1.82) is 0 Å². The van der Waals surface area contributed by atoms with E-state index in [1.807, 2.05) is 13.0 Å². The van der Waals surface area contributed by atoms with Crippen molar-refractivity contribution in [1.82, 2.24) is 0 Å². The summed E-state index contributed by atoms with van der Waals surface area (Å²) in [5, 5.41) is 31.1. The van der Waals surface area contributed by atoms with E-state index in [0.29, 0.717) is 19.3 Å². The van der Waals surface area contributed by atoms with Gasteiger partial charge in [-0.3, -0.25) is 14.4 Å². The molecule has 2 fully saturated rings. The van der Waals surface area contributed by atoms with Crippen LogP contribution in [-0.2, 0) is 38.3 Å². The summed E-state index contributed by atoms with van der Waals surface area (Å²) in [5.74, 6) is -4.30. The zero-order valence-electron chi connectivity index (χ0n) is 33.0. The van der Waals surface area contributed by atoms with Gasteiger partial charge in [0, 0.05) is 29.6 Å². The Morgan fingerprint density at radius 3 is 2.32 bits per heavy atom. The average Bonchev–Trinajstić information content (AvgIpc) is 3.39. The van der Waals surface area contributed by atoms with E-state index in [0.717, 1.165) is 5.57 Å². The highest BCUT2D eigenvalue weighted by molar-refractivity contribution is 6.26. The number of allylic oxidation sites excluding steroid dienone is 4. The highest BCUT2D eigenvalue weighted by atomic mass is 35.5. The zero-order valence-corrected chi connectivity index (χ0v) is 33.8. The molecule has 0 aromatic heterocycles. The summed E-state index contributed by atoms with van der Waals surface area (Å²) >= 11 is 7.57. The smallest absolute Gasteiger partial charge is 0.493 e. The Morgan fingerprint density at radius 2 is 1.64 bits per heavy atom. The van der Waals surface area contributed by atoms with Gasteiger partial charge in [-0.2, -0.15) is 0 Å². The number of unbranched alkanes of at least 4 members (excludes halogenated alkanes) is 1. The second-order valence-corrected chi connectivity index (χ2v) is 16.2. The van der Waals surface area contributed by atoms with E-state index in [9.17, 15) is 49.3 Å². The van der Waals surface area contributed by atoms with Gasteiger partial charge in [0.25, 0.3) is 10.2 Å². The van der Waals surface area contributed by atoms with Gasteiger partial charge >= 0.3 is 18.1 Å². The van der Waals surface area contributed by atoms with E-state index < -0.39 is 92.4 Å². The molecule has 19 nitrogen and oxygen atoms in total. The van der Waals surface area contributed by atoms with Gasteiger partial charge in [0.05, 0.1) is 43.5 Å². The number of halogens is 1. The monoisotopic (exact) mass is 850 g/mol. The molecule has 2 saturated carbocycles. The Balaban J connectivity index is 1.34. The third-order valence-corrected chi connectivity index (χ3v) is 13.4. The maximum absolute atomic E-state index is 14.6. The zero-order chi connectivity index (χ0) is 43.3. The molecule has 0 heterocycles. The van der Waals surface area contributed by atoms with Crippen LogP contribution in [0.15, 0.2) is 42.0 Å². The Labute approximate surface area is 343 Å². The number of ketones is 2. The summed E-state index contributed by atoms with van der Waals surface area (Å²) in [6.07, 6.45) is 3.42. The summed E-state index contributed by atoms with van der Waals surface area (Å²) < 4.78 is 27.3. The van der Waals surface area contributed by atoms with Crippen LogP contribution >= 0.6 is 11.6 Å². The SMILES string of the molecule is COc1cc(C(=O)OCCCCO[N+](=O)[O-])ccc1OC(=O)OCC(=O)[C@@]1(OC(=O)CCCO[N+](=O)[O-])[C@@H](C)CC2C3CC=C4CC(=O)C=C[C@]4(C)[C@@]3(Cl)[C@@H](O)C[C@@]21C. The lowest BCUT2D eigenvalue weighted by Gasteiger charge is -2.63. The molecule has 0 bridgehead atoms. The number of ether oxygens (including phenoxy) is 5. The number of rotatable bonds is 18. The predicted molar refractivity (Wildman–Crippen MR) is 201 cm³/mol. The van der Waals surface area contributed by atoms with Crippen molar-refractivity contribution < 1.29 is 72.6 Å². The number of aliphatic hydroxyl groups excluding tert-OH is 1. The lowest BCUT2D eigenvalue weighted by molar-refractivity contribution is -0.757. The fourth-order valence-corrected chi connectivity index (χ4v) is 10.2. The number of benzene rings is 1. The van der Waals surface area contributed by atoms with Crippen LogP contribution in [0.4, 0.5) is 4.79 Å². The number of fused-ring (bicyclic) bond motifs is 5. The van der Waals surface area contributed by atoms with Gasteiger partial charge in [0.15, 0.2) is 29.5 Å². The van der Waals surface area contributed by atoms with Gasteiger partial charge in [-0.15, -0.1) is 31.8 Å². The number of alkyl halides is 1. The quantitative estimate of drug-likeness (QED) is 0.0295. The number of carbonyl (C=O) groups excluding carboxylic acids is 5. The summed E-state index contributed by atoms with van der Waals surface area (Å²) in [6.45, 7) is 3.81. The molecular formula is C39H47ClN2O17. The van der Waals surface area contributed by atoms with Crippen molar-refractivity contribution in [3.8, 4) is 11.5 Å². The normalized spacial score (nSPS) is 30.3. The molecule has 1 N–H and O–H groups in total. The Morgan fingerprint density at radius 1 is 0.966 bits per heavy atom. The molecule has 4 aliphatic rings. The Hall–Kier alpha value is -5.30. The van der Waals surface area contributed by atoms with Crippen LogP contribution in [0.1, 0.15) is 82.5 Å².